The summed E-state index contributed by atoms with van der Waals surface area (Å²) in [4.78, 5) is 4.09. The highest BCUT2D eigenvalue weighted by molar-refractivity contribution is 9.10. The smallest absolute Gasteiger partial charge is 0.0853 e. The zero-order chi connectivity index (χ0) is 15.4. The van der Waals surface area contributed by atoms with Crippen molar-refractivity contribution in [2.24, 2.45) is 0 Å². The Hall–Kier alpha value is -1.67. The molecule has 1 heterocycles. The molecule has 3 nitrogen and oxygen atoms in total. The molecule has 1 aromatic carbocycles. The molecule has 2 rings (SSSR count). The molecule has 0 saturated carbocycles. The molecule has 0 saturated heterocycles. The molecule has 21 heavy (non-hydrogen) atoms. The van der Waals surface area contributed by atoms with Crippen LogP contribution in [0.15, 0.2) is 28.7 Å². The Morgan fingerprint density at radius 3 is 2.19 bits per heavy atom. The van der Waals surface area contributed by atoms with Crippen LogP contribution in [0, 0.1) is 25.7 Å². The van der Waals surface area contributed by atoms with Crippen molar-refractivity contribution in [3.05, 3.63) is 62.4 Å². The van der Waals surface area contributed by atoms with E-state index in [1.165, 1.54) is 5.56 Å². The van der Waals surface area contributed by atoms with E-state index in [0.717, 1.165) is 21.2 Å². The van der Waals surface area contributed by atoms with Gasteiger partial charge in [-0.25, -0.2) is 0 Å². The van der Waals surface area contributed by atoms with Gasteiger partial charge >= 0.3 is 0 Å². The molecule has 0 aliphatic rings. The lowest BCUT2D eigenvalue weighted by Gasteiger charge is -2.05. The molecule has 0 aliphatic heterocycles. The molecule has 4 heteroatoms. The van der Waals surface area contributed by atoms with Gasteiger partial charge in [0, 0.05) is 15.6 Å². The minimum atomic E-state index is -0.168. The minimum absolute atomic E-state index is 0.168. The number of halogens is 1. The molecule has 0 unspecified atom stereocenters. The Bertz CT molecular complexity index is 707. The fourth-order valence-electron chi connectivity index (χ4n) is 1.95. The topological polar surface area (TPSA) is 53.4 Å². The fourth-order valence-corrected chi connectivity index (χ4v) is 2.38. The summed E-state index contributed by atoms with van der Waals surface area (Å²) in [6, 6.07) is 7.41. The highest BCUT2D eigenvalue weighted by Crippen LogP contribution is 2.21. The van der Waals surface area contributed by atoms with Gasteiger partial charge in [0.05, 0.1) is 24.6 Å². The van der Waals surface area contributed by atoms with Gasteiger partial charge in [0.25, 0.3) is 0 Å². The van der Waals surface area contributed by atoms with Crippen LogP contribution in [0.1, 0.15) is 33.6 Å². The van der Waals surface area contributed by atoms with Crippen LogP contribution in [0.4, 0.5) is 0 Å². The lowest BCUT2D eigenvalue weighted by molar-refractivity contribution is 0.265. The van der Waals surface area contributed by atoms with Gasteiger partial charge in [-0.1, -0.05) is 27.8 Å². The van der Waals surface area contributed by atoms with Crippen LogP contribution >= 0.6 is 15.9 Å². The molecule has 0 atom stereocenters. The molecule has 0 fully saturated rings. The summed E-state index contributed by atoms with van der Waals surface area (Å²) in [5.41, 5.74) is 5.02. The van der Waals surface area contributed by atoms with Crippen LogP contribution in [0.2, 0.25) is 0 Å². The van der Waals surface area contributed by atoms with Crippen LogP contribution < -0.4 is 0 Å². The SMILES string of the molecule is Cc1c(Br)ccc(C#Cc2cc(CO)nc(CO)c2)c1C. The van der Waals surface area contributed by atoms with Crippen molar-refractivity contribution >= 4 is 15.9 Å². The van der Waals surface area contributed by atoms with Crippen molar-refractivity contribution in [1.29, 1.82) is 0 Å². The normalized spacial score (nSPS) is 10.1. The standard InChI is InChI=1S/C17H16BrNO2/c1-11-12(2)17(18)6-5-14(11)4-3-13-7-15(9-20)19-16(8-13)10-21/h5-8,20-21H,9-10H2,1-2H3. The van der Waals surface area contributed by atoms with Gasteiger partial charge < -0.3 is 10.2 Å². The van der Waals surface area contributed by atoms with Gasteiger partial charge in [0.15, 0.2) is 0 Å². The van der Waals surface area contributed by atoms with E-state index in [1.54, 1.807) is 12.1 Å². The van der Waals surface area contributed by atoms with Gasteiger partial charge in [-0.2, -0.15) is 0 Å². The maximum absolute atomic E-state index is 9.18. The predicted octanol–water partition coefficient (Wildman–Crippen LogP) is 2.85. The molecule has 2 aromatic rings. The van der Waals surface area contributed by atoms with Gasteiger partial charge in [-0.3, -0.25) is 4.98 Å². The first kappa shape index (κ1) is 15.7. The van der Waals surface area contributed by atoms with Gasteiger partial charge in [0.1, 0.15) is 0 Å². The van der Waals surface area contributed by atoms with E-state index in [4.69, 9.17) is 0 Å². The van der Waals surface area contributed by atoms with Crippen molar-refractivity contribution in [3.8, 4) is 11.8 Å². The zero-order valence-electron chi connectivity index (χ0n) is 11.9. The second-order valence-electron chi connectivity index (χ2n) is 4.75. The van der Waals surface area contributed by atoms with Crippen molar-refractivity contribution in [1.82, 2.24) is 4.98 Å². The van der Waals surface area contributed by atoms with Crippen molar-refractivity contribution in [2.75, 3.05) is 0 Å². The monoisotopic (exact) mass is 345 g/mol. The maximum Gasteiger partial charge on any atom is 0.0853 e. The zero-order valence-corrected chi connectivity index (χ0v) is 13.5. The third kappa shape index (κ3) is 3.70. The summed E-state index contributed by atoms with van der Waals surface area (Å²) in [5, 5.41) is 18.4. The van der Waals surface area contributed by atoms with E-state index in [9.17, 15) is 10.2 Å². The van der Waals surface area contributed by atoms with Gasteiger partial charge in [0.2, 0.25) is 0 Å². The van der Waals surface area contributed by atoms with Crippen LogP contribution in [-0.2, 0) is 13.2 Å². The summed E-state index contributed by atoms with van der Waals surface area (Å²) in [7, 11) is 0. The van der Waals surface area contributed by atoms with E-state index in [1.807, 2.05) is 26.0 Å². The van der Waals surface area contributed by atoms with Gasteiger partial charge in [-0.15, -0.1) is 0 Å². The van der Waals surface area contributed by atoms with Crippen LogP contribution in [0.5, 0.6) is 0 Å². The van der Waals surface area contributed by atoms with Crippen LogP contribution in [0.3, 0.4) is 0 Å². The molecule has 0 amide bonds. The molecule has 0 bridgehead atoms. The van der Waals surface area contributed by atoms with E-state index in [-0.39, 0.29) is 13.2 Å². The average Bonchev–Trinajstić information content (AvgIpc) is 2.51. The summed E-state index contributed by atoms with van der Waals surface area (Å²) in [5.74, 6) is 6.21. The van der Waals surface area contributed by atoms with E-state index in [0.29, 0.717) is 11.4 Å². The number of hydrogen-bond acceptors (Lipinski definition) is 3. The molecule has 0 radical (unpaired) electrons. The maximum atomic E-state index is 9.18. The van der Waals surface area contributed by atoms with Crippen LogP contribution in [0.25, 0.3) is 0 Å². The molecule has 1 aromatic heterocycles. The van der Waals surface area contributed by atoms with E-state index >= 15 is 0 Å². The number of pyridine rings is 1. The first-order chi connectivity index (χ1) is 10.0. The first-order valence-electron chi connectivity index (χ1n) is 6.54. The third-order valence-corrected chi connectivity index (χ3v) is 4.18. The number of aliphatic hydroxyl groups excluding tert-OH is 2. The third-order valence-electron chi connectivity index (χ3n) is 3.32. The largest absolute Gasteiger partial charge is 0.390 e. The molecule has 108 valence electrons. The highest BCUT2D eigenvalue weighted by Gasteiger charge is 2.03. The Balaban J connectivity index is 2.42. The molecular formula is C17H16BrNO2. The van der Waals surface area contributed by atoms with E-state index < -0.39 is 0 Å². The summed E-state index contributed by atoms with van der Waals surface area (Å²) in [6.07, 6.45) is 0. The summed E-state index contributed by atoms with van der Waals surface area (Å²) >= 11 is 3.50. The van der Waals surface area contributed by atoms with Crippen molar-refractivity contribution in [2.45, 2.75) is 27.1 Å². The number of aromatic nitrogens is 1. The Kier molecular flexibility index (Phi) is 5.13. The molecule has 2 N–H and O–H groups in total. The summed E-state index contributed by atoms with van der Waals surface area (Å²) in [6.45, 7) is 3.75. The lowest BCUT2D eigenvalue weighted by atomic mass is 10.0. The fraction of sp³-hybridized carbons (Fsp3) is 0.235. The van der Waals surface area contributed by atoms with Gasteiger partial charge in [-0.05, 0) is 49.2 Å². The second kappa shape index (κ2) is 6.86. The number of nitrogens with zero attached hydrogens (tertiary/aromatic N) is 1. The highest BCUT2D eigenvalue weighted by atomic mass is 79.9. The Morgan fingerprint density at radius 2 is 1.62 bits per heavy atom. The first-order valence-corrected chi connectivity index (χ1v) is 7.33. The quantitative estimate of drug-likeness (QED) is 0.823. The van der Waals surface area contributed by atoms with Crippen molar-refractivity contribution < 1.29 is 10.2 Å². The molecule has 0 spiro atoms. The molecule has 0 aliphatic carbocycles. The molecular weight excluding hydrogens is 330 g/mol. The summed E-state index contributed by atoms with van der Waals surface area (Å²) < 4.78 is 1.07. The average molecular weight is 346 g/mol. The number of rotatable bonds is 2. The number of hydrogen-bond donors (Lipinski definition) is 2. The van der Waals surface area contributed by atoms with Crippen molar-refractivity contribution in [3.63, 3.8) is 0 Å². The van der Waals surface area contributed by atoms with Crippen LogP contribution in [-0.4, -0.2) is 15.2 Å². The number of aliphatic hydroxyl groups is 2. The lowest BCUT2D eigenvalue weighted by Crippen LogP contribution is -1.97. The van der Waals surface area contributed by atoms with E-state index in [2.05, 4.69) is 32.8 Å². The Labute approximate surface area is 132 Å². The second-order valence-corrected chi connectivity index (χ2v) is 5.60. The minimum Gasteiger partial charge on any atom is -0.390 e. The number of benzene rings is 1. The predicted molar refractivity (Wildman–Crippen MR) is 85.7 cm³/mol. The Morgan fingerprint density at radius 1 is 1.00 bits per heavy atom.